The van der Waals surface area contributed by atoms with Crippen LogP contribution in [0, 0.1) is 6.92 Å². The first kappa shape index (κ1) is 14.1. The van der Waals surface area contributed by atoms with Gasteiger partial charge >= 0.3 is 0 Å². The lowest BCUT2D eigenvalue weighted by Crippen LogP contribution is -2.04. The van der Waals surface area contributed by atoms with Gasteiger partial charge in [-0.1, -0.05) is 37.3 Å². The largest absolute Gasteiger partial charge is 0.256 e. The molecular formula is C20H23N. The predicted octanol–water partition coefficient (Wildman–Crippen LogP) is 5.44. The third kappa shape index (κ3) is 2.78. The molecule has 2 aromatic rings. The van der Waals surface area contributed by atoms with Crippen LogP contribution in [-0.4, -0.2) is 4.98 Å². The van der Waals surface area contributed by atoms with Crippen molar-refractivity contribution in [2.75, 3.05) is 0 Å². The summed E-state index contributed by atoms with van der Waals surface area (Å²) in [6.07, 6.45) is 7.90. The van der Waals surface area contributed by atoms with Gasteiger partial charge in [0.1, 0.15) is 0 Å². The molecule has 1 nitrogen and oxygen atoms in total. The molecule has 1 heterocycles. The van der Waals surface area contributed by atoms with E-state index in [9.17, 15) is 0 Å². The molecule has 0 amide bonds. The maximum absolute atomic E-state index is 4.72. The Morgan fingerprint density at radius 1 is 0.952 bits per heavy atom. The van der Waals surface area contributed by atoms with Gasteiger partial charge in [-0.2, -0.15) is 0 Å². The smallest absolute Gasteiger partial charge is 0.0696 e. The average molecular weight is 277 g/mol. The number of aromatic nitrogens is 1. The van der Waals surface area contributed by atoms with Crippen molar-refractivity contribution in [1.29, 1.82) is 0 Å². The lowest BCUT2D eigenvalue weighted by atomic mass is 9.83. The van der Waals surface area contributed by atoms with Gasteiger partial charge in [-0.05, 0) is 72.9 Å². The summed E-state index contributed by atoms with van der Waals surface area (Å²) < 4.78 is 0. The minimum atomic E-state index is 1.05. The second-order valence-electron chi connectivity index (χ2n) is 5.84. The Hall–Kier alpha value is -1.89. The van der Waals surface area contributed by atoms with E-state index in [1.807, 2.05) is 6.20 Å². The number of nitrogens with zero attached hydrogens (tertiary/aromatic N) is 1. The van der Waals surface area contributed by atoms with Gasteiger partial charge in [-0.25, -0.2) is 0 Å². The fourth-order valence-electron chi connectivity index (χ4n) is 3.37. The van der Waals surface area contributed by atoms with E-state index in [1.165, 1.54) is 52.8 Å². The zero-order chi connectivity index (χ0) is 14.7. The van der Waals surface area contributed by atoms with E-state index in [2.05, 4.69) is 50.2 Å². The third-order valence-electron chi connectivity index (χ3n) is 4.50. The van der Waals surface area contributed by atoms with E-state index in [0.717, 1.165) is 12.8 Å². The van der Waals surface area contributed by atoms with Crippen molar-refractivity contribution in [1.82, 2.24) is 4.98 Å². The molecule has 0 saturated heterocycles. The summed E-state index contributed by atoms with van der Waals surface area (Å²) in [5.74, 6) is 0. The molecule has 0 radical (unpaired) electrons. The van der Waals surface area contributed by atoms with Gasteiger partial charge in [0.15, 0.2) is 0 Å². The number of hydrogen-bond donors (Lipinski definition) is 0. The minimum absolute atomic E-state index is 1.05. The number of hydrogen-bond acceptors (Lipinski definition) is 1. The Labute approximate surface area is 127 Å². The summed E-state index contributed by atoms with van der Waals surface area (Å²) in [7, 11) is 0. The molecule has 0 fully saturated rings. The predicted molar refractivity (Wildman–Crippen MR) is 90.1 cm³/mol. The fourth-order valence-corrected chi connectivity index (χ4v) is 3.37. The Morgan fingerprint density at radius 2 is 1.71 bits per heavy atom. The van der Waals surface area contributed by atoms with Gasteiger partial charge in [0, 0.05) is 6.20 Å². The van der Waals surface area contributed by atoms with Crippen molar-refractivity contribution in [3.8, 4) is 0 Å². The molecule has 1 heteroatoms. The van der Waals surface area contributed by atoms with E-state index >= 15 is 0 Å². The molecule has 21 heavy (non-hydrogen) atoms. The Bertz CT molecular complexity index is 667. The second-order valence-corrected chi connectivity index (χ2v) is 5.84. The van der Waals surface area contributed by atoms with Crippen molar-refractivity contribution in [2.24, 2.45) is 0 Å². The maximum Gasteiger partial charge on any atom is 0.0696 e. The van der Waals surface area contributed by atoms with Crippen LogP contribution in [0.4, 0.5) is 0 Å². The molecule has 1 aliphatic carbocycles. The lowest BCUT2D eigenvalue weighted by Gasteiger charge is -2.23. The van der Waals surface area contributed by atoms with Gasteiger partial charge < -0.3 is 0 Å². The molecule has 0 N–H and O–H groups in total. The highest BCUT2D eigenvalue weighted by Crippen LogP contribution is 2.39. The van der Waals surface area contributed by atoms with Gasteiger partial charge in [-0.15, -0.1) is 0 Å². The monoisotopic (exact) mass is 277 g/mol. The van der Waals surface area contributed by atoms with Gasteiger partial charge in [0.2, 0.25) is 0 Å². The molecule has 0 spiro atoms. The van der Waals surface area contributed by atoms with Crippen LogP contribution in [0.2, 0.25) is 0 Å². The number of aryl methyl sites for hydroxylation is 2. The molecule has 0 aliphatic heterocycles. The van der Waals surface area contributed by atoms with Crippen LogP contribution in [0.25, 0.3) is 11.1 Å². The van der Waals surface area contributed by atoms with Crippen LogP contribution in [0.5, 0.6) is 0 Å². The van der Waals surface area contributed by atoms with E-state index in [1.54, 1.807) is 0 Å². The van der Waals surface area contributed by atoms with E-state index in [4.69, 9.17) is 4.98 Å². The first-order chi connectivity index (χ1) is 10.3. The van der Waals surface area contributed by atoms with E-state index < -0.39 is 0 Å². The molecule has 1 aromatic carbocycles. The first-order valence-corrected chi connectivity index (χ1v) is 8.03. The van der Waals surface area contributed by atoms with Crippen LogP contribution in [-0.2, 0) is 6.42 Å². The van der Waals surface area contributed by atoms with Crippen molar-refractivity contribution < 1.29 is 0 Å². The summed E-state index contributed by atoms with van der Waals surface area (Å²) in [5.41, 5.74) is 8.40. The molecule has 0 unspecified atom stereocenters. The average Bonchev–Trinajstić information content (AvgIpc) is 2.55. The van der Waals surface area contributed by atoms with Gasteiger partial charge in [0.05, 0.1) is 5.69 Å². The van der Waals surface area contributed by atoms with Gasteiger partial charge in [0.25, 0.3) is 0 Å². The van der Waals surface area contributed by atoms with Crippen molar-refractivity contribution >= 4 is 11.1 Å². The topological polar surface area (TPSA) is 12.9 Å². The second kappa shape index (κ2) is 6.26. The van der Waals surface area contributed by atoms with E-state index in [-0.39, 0.29) is 0 Å². The van der Waals surface area contributed by atoms with E-state index in [0.29, 0.717) is 0 Å². The van der Waals surface area contributed by atoms with Crippen LogP contribution >= 0.6 is 0 Å². The Morgan fingerprint density at radius 3 is 2.48 bits per heavy atom. The highest BCUT2D eigenvalue weighted by Gasteiger charge is 2.19. The molecule has 3 rings (SSSR count). The molecule has 0 atom stereocenters. The summed E-state index contributed by atoms with van der Waals surface area (Å²) in [6.45, 7) is 4.44. The zero-order valence-electron chi connectivity index (χ0n) is 13.0. The quantitative estimate of drug-likeness (QED) is 0.728. The van der Waals surface area contributed by atoms with Crippen LogP contribution < -0.4 is 0 Å². The standard InChI is InChI=1S/C20H23N/c1-3-16-10-8-14-21-20(16)19-13-7-6-12-18(19)17-11-5-4-9-15(17)2/h4-5,8-11,14H,3,6-7,12-13H2,1-2H3. The highest BCUT2D eigenvalue weighted by molar-refractivity contribution is 5.92. The highest BCUT2D eigenvalue weighted by atomic mass is 14.7. The summed E-state index contributed by atoms with van der Waals surface area (Å²) >= 11 is 0. The zero-order valence-corrected chi connectivity index (χ0v) is 13.0. The van der Waals surface area contributed by atoms with Crippen molar-refractivity contribution in [3.05, 3.63) is 65.0 Å². The van der Waals surface area contributed by atoms with Crippen LogP contribution in [0.3, 0.4) is 0 Å². The van der Waals surface area contributed by atoms with Crippen molar-refractivity contribution in [2.45, 2.75) is 46.0 Å². The Kier molecular flexibility index (Phi) is 4.19. The molecule has 0 saturated carbocycles. The van der Waals surface area contributed by atoms with Gasteiger partial charge in [-0.3, -0.25) is 4.98 Å². The summed E-state index contributed by atoms with van der Waals surface area (Å²) in [6, 6.07) is 13.0. The SMILES string of the molecule is CCc1cccnc1C1=C(c2ccccc2C)CCCC1. The molecule has 0 bridgehead atoms. The number of allylic oxidation sites excluding steroid dienone is 2. The summed E-state index contributed by atoms with van der Waals surface area (Å²) in [5, 5.41) is 0. The Balaban J connectivity index is 2.18. The summed E-state index contributed by atoms with van der Waals surface area (Å²) in [4.78, 5) is 4.72. The number of pyridine rings is 1. The molecule has 1 aromatic heterocycles. The van der Waals surface area contributed by atoms with Crippen LogP contribution in [0.1, 0.15) is 55.0 Å². The van der Waals surface area contributed by atoms with Crippen molar-refractivity contribution in [3.63, 3.8) is 0 Å². The fraction of sp³-hybridized carbons (Fsp3) is 0.350. The normalized spacial score (nSPS) is 15.3. The third-order valence-corrected chi connectivity index (χ3v) is 4.50. The minimum Gasteiger partial charge on any atom is -0.256 e. The number of rotatable bonds is 3. The first-order valence-electron chi connectivity index (χ1n) is 8.03. The molecule has 108 valence electrons. The van der Waals surface area contributed by atoms with Crippen LogP contribution in [0.15, 0.2) is 42.6 Å². The maximum atomic E-state index is 4.72. The lowest BCUT2D eigenvalue weighted by molar-refractivity contribution is 0.749. The molecule has 1 aliphatic rings. The molecular weight excluding hydrogens is 254 g/mol. The number of benzene rings is 1.